The van der Waals surface area contributed by atoms with E-state index in [2.05, 4.69) is 46.1 Å². The van der Waals surface area contributed by atoms with Gasteiger partial charge in [0.2, 0.25) is 0 Å². The molecule has 130 valence electrons. The van der Waals surface area contributed by atoms with Crippen LogP contribution in [0.15, 0.2) is 35.0 Å². The van der Waals surface area contributed by atoms with Crippen molar-refractivity contribution < 1.29 is 4.79 Å². The molecule has 0 aromatic carbocycles. The molecule has 6 heteroatoms. The molecule has 3 heterocycles. The molecule has 0 bridgehead atoms. The SMILES string of the molecule is CC(c1cccs1)N(C)C(=O)NCC(c1cccs1)N1CCCC1. The predicted molar refractivity (Wildman–Crippen MR) is 102 cm³/mol. The molecule has 1 fully saturated rings. The monoisotopic (exact) mass is 363 g/mol. The van der Waals surface area contributed by atoms with Gasteiger partial charge in [-0.3, -0.25) is 4.90 Å². The molecule has 2 aromatic heterocycles. The van der Waals surface area contributed by atoms with Crippen molar-refractivity contribution >= 4 is 28.7 Å². The van der Waals surface area contributed by atoms with E-state index in [-0.39, 0.29) is 12.1 Å². The Morgan fingerprint density at radius 2 is 1.83 bits per heavy atom. The summed E-state index contributed by atoms with van der Waals surface area (Å²) in [6.45, 7) is 4.99. The van der Waals surface area contributed by atoms with E-state index in [0.29, 0.717) is 12.6 Å². The third-order valence-corrected chi connectivity index (χ3v) is 6.77. The van der Waals surface area contributed by atoms with Gasteiger partial charge in [0.05, 0.1) is 12.1 Å². The van der Waals surface area contributed by atoms with Crippen molar-refractivity contribution in [2.75, 3.05) is 26.7 Å². The summed E-state index contributed by atoms with van der Waals surface area (Å²) < 4.78 is 0. The molecule has 1 saturated heterocycles. The lowest BCUT2D eigenvalue weighted by Gasteiger charge is -2.29. The Labute approximate surface area is 152 Å². The van der Waals surface area contributed by atoms with Crippen LogP contribution in [0.2, 0.25) is 0 Å². The number of amides is 2. The van der Waals surface area contributed by atoms with Crippen LogP contribution >= 0.6 is 22.7 Å². The fourth-order valence-electron chi connectivity index (χ4n) is 3.15. The van der Waals surface area contributed by atoms with Gasteiger partial charge in [0.15, 0.2) is 0 Å². The van der Waals surface area contributed by atoms with Gasteiger partial charge in [-0.05, 0) is 55.7 Å². The zero-order valence-corrected chi connectivity index (χ0v) is 15.9. The maximum absolute atomic E-state index is 12.6. The number of nitrogens with zero attached hydrogens (tertiary/aromatic N) is 2. The molecule has 1 aliphatic rings. The molecule has 4 nitrogen and oxygen atoms in total. The van der Waals surface area contributed by atoms with Crippen LogP contribution in [0.5, 0.6) is 0 Å². The Kier molecular flexibility index (Phi) is 5.92. The Morgan fingerprint density at radius 3 is 2.42 bits per heavy atom. The van der Waals surface area contributed by atoms with E-state index in [0.717, 1.165) is 13.1 Å². The van der Waals surface area contributed by atoms with Crippen LogP contribution in [0.3, 0.4) is 0 Å². The standard InChI is InChI=1S/C18H25N3OS2/c1-14(16-7-5-11-23-16)20(2)18(22)19-13-15(17-8-6-12-24-17)21-9-3-4-10-21/h5-8,11-12,14-15H,3-4,9-10,13H2,1-2H3,(H,19,22). The van der Waals surface area contributed by atoms with Gasteiger partial charge < -0.3 is 10.2 Å². The number of carbonyl (C=O) groups excluding carboxylic acids is 1. The number of hydrogen-bond donors (Lipinski definition) is 1. The largest absolute Gasteiger partial charge is 0.336 e. The van der Waals surface area contributed by atoms with E-state index in [1.807, 2.05) is 13.1 Å². The average Bonchev–Trinajstić information content (AvgIpc) is 3.36. The van der Waals surface area contributed by atoms with Crippen LogP contribution in [-0.4, -0.2) is 42.5 Å². The zero-order chi connectivity index (χ0) is 16.9. The van der Waals surface area contributed by atoms with Crippen LogP contribution in [0.1, 0.15) is 41.6 Å². The predicted octanol–water partition coefficient (Wildman–Crippen LogP) is 4.35. The van der Waals surface area contributed by atoms with Crippen molar-refractivity contribution in [1.29, 1.82) is 0 Å². The number of nitrogens with one attached hydrogen (secondary N) is 1. The number of rotatable bonds is 6. The highest BCUT2D eigenvalue weighted by atomic mass is 32.1. The van der Waals surface area contributed by atoms with Gasteiger partial charge in [-0.25, -0.2) is 4.79 Å². The lowest BCUT2D eigenvalue weighted by Crippen LogP contribution is -2.43. The van der Waals surface area contributed by atoms with Crippen LogP contribution in [-0.2, 0) is 0 Å². The summed E-state index contributed by atoms with van der Waals surface area (Å²) in [6.07, 6.45) is 2.51. The summed E-state index contributed by atoms with van der Waals surface area (Å²) in [5, 5.41) is 7.32. The minimum Gasteiger partial charge on any atom is -0.336 e. The highest BCUT2D eigenvalue weighted by Gasteiger charge is 2.26. The number of urea groups is 1. The topological polar surface area (TPSA) is 35.6 Å². The Balaban J connectivity index is 1.60. The molecule has 0 spiro atoms. The van der Waals surface area contributed by atoms with Crippen molar-refractivity contribution in [3.05, 3.63) is 44.8 Å². The van der Waals surface area contributed by atoms with Crippen molar-refractivity contribution in [3.63, 3.8) is 0 Å². The second-order valence-electron chi connectivity index (χ2n) is 6.26. The third kappa shape index (κ3) is 3.99. The Bertz CT molecular complexity index is 621. The molecule has 0 saturated carbocycles. The fraction of sp³-hybridized carbons (Fsp3) is 0.500. The van der Waals surface area contributed by atoms with Gasteiger partial charge in [-0.1, -0.05) is 12.1 Å². The maximum atomic E-state index is 12.6. The molecule has 2 atom stereocenters. The summed E-state index contributed by atoms with van der Waals surface area (Å²) in [4.78, 5) is 19.4. The maximum Gasteiger partial charge on any atom is 0.317 e. The summed E-state index contributed by atoms with van der Waals surface area (Å²) in [7, 11) is 1.87. The van der Waals surface area contributed by atoms with Crippen molar-refractivity contribution in [2.45, 2.75) is 31.8 Å². The second-order valence-corrected chi connectivity index (χ2v) is 8.22. The summed E-state index contributed by atoms with van der Waals surface area (Å²) in [6, 6.07) is 8.77. The van der Waals surface area contributed by atoms with Crippen LogP contribution < -0.4 is 5.32 Å². The molecule has 0 radical (unpaired) electrons. The molecule has 24 heavy (non-hydrogen) atoms. The Morgan fingerprint density at radius 1 is 1.21 bits per heavy atom. The van der Waals surface area contributed by atoms with E-state index in [4.69, 9.17) is 0 Å². The van der Waals surface area contributed by atoms with E-state index in [1.54, 1.807) is 27.6 Å². The van der Waals surface area contributed by atoms with Gasteiger partial charge >= 0.3 is 6.03 Å². The zero-order valence-electron chi connectivity index (χ0n) is 14.3. The van der Waals surface area contributed by atoms with E-state index >= 15 is 0 Å². The molecule has 2 unspecified atom stereocenters. The second kappa shape index (κ2) is 8.14. The van der Waals surface area contributed by atoms with E-state index in [9.17, 15) is 4.79 Å². The van der Waals surface area contributed by atoms with Gasteiger partial charge in [0, 0.05) is 23.3 Å². The van der Waals surface area contributed by atoms with Crippen molar-refractivity contribution in [1.82, 2.24) is 15.1 Å². The molecule has 2 amide bonds. The van der Waals surface area contributed by atoms with Gasteiger partial charge in [-0.15, -0.1) is 22.7 Å². The van der Waals surface area contributed by atoms with E-state index in [1.165, 1.54) is 22.6 Å². The lowest BCUT2D eigenvalue weighted by molar-refractivity contribution is 0.186. The highest BCUT2D eigenvalue weighted by molar-refractivity contribution is 7.10. The van der Waals surface area contributed by atoms with Crippen LogP contribution in [0.25, 0.3) is 0 Å². The molecular formula is C18H25N3OS2. The number of hydrogen-bond acceptors (Lipinski definition) is 4. The first kappa shape index (κ1) is 17.5. The summed E-state index contributed by atoms with van der Waals surface area (Å²) in [5.74, 6) is 0. The summed E-state index contributed by atoms with van der Waals surface area (Å²) in [5.41, 5.74) is 0. The molecule has 3 rings (SSSR count). The molecule has 1 aliphatic heterocycles. The number of likely N-dealkylation sites (tertiary alicyclic amines) is 1. The van der Waals surface area contributed by atoms with Gasteiger partial charge in [0.1, 0.15) is 0 Å². The molecule has 0 aliphatic carbocycles. The van der Waals surface area contributed by atoms with E-state index < -0.39 is 0 Å². The van der Waals surface area contributed by atoms with Crippen molar-refractivity contribution in [3.8, 4) is 0 Å². The third-order valence-electron chi connectivity index (χ3n) is 4.76. The Hall–Kier alpha value is -1.37. The van der Waals surface area contributed by atoms with Crippen LogP contribution in [0, 0.1) is 0 Å². The van der Waals surface area contributed by atoms with Crippen molar-refractivity contribution in [2.24, 2.45) is 0 Å². The first-order chi connectivity index (χ1) is 11.7. The lowest BCUT2D eigenvalue weighted by atomic mass is 10.2. The molecule has 2 aromatic rings. The quantitative estimate of drug-likeness (QED) is 0.828. The highest BCUT2D eigenvalue weighted by Crippen LogP contribution is 2.28. The first-order valence-electron chi connectivity index (χ1n) is 8.48. The average molecular weight is 364 g/mol. The number of thiophene rings is 2. The minimum atomic E-state index is -0.00310. The summed E-state index contributed by atoms with van der Waals surface area (Å²) >= 11 is 3.47. The van der Waals surface area contributed by atoms with Gasteiger partial charge in [0.25, 0.3) is 0 Å². The van der Waals surface area contributed by atoms with Crippen LogP contribution in [0.4, 0.5) is 4.79 Å². The van der Waals surface area contributed by atoms with Gasteiger partial charge in [-0.2, -0.15) is 0 Å². The number of carbonyl (C=O) groups is 1. The molecule has 1 N–H and O–H groups in total. The smallest absolute Gasteiger partial charge is 0.317 e. The molecular weight excluding hydrogens is 338 g/mol. The minimum absolute atomic E-state index is 0.00310. The normalized spacial score (nSPS) is 17.6. The first-order valence-corrected chi connectivity index (χ1v) is 10.2. The fourth-order valence-corrected chi connectivity index (χ4v) is 4.84.